The van der Waals surface area contributed by atoms with Gasteiger partial charge in [-0.3, -0.25) is 4.70 Å². The van der Waals surface area contributed by atoms with Crippen LogP contribution in [0.3, 0.4) is 0 Å². The molecule has 0 saturated heterocycles. The smallest absolute Gasteiger partial charge is 0.147 e. The maximum atomic E-state index is 0. The summed E-state index contributed by atoms with van der Waals surface area (Å²) in [5.41, 5.74) is 0. The zero-order valence-electron chi connectivity index (χ0n) is 2.45. The van der Waals surface area contributed by atoms with E-state index in [1.165, 1.54) is 0 Å². The minimum absolute atomic E-state index is 0. The lowest BCUT2D eigenvalue weighted by Gasteiger charge is -0.269. The van der Waals surface area contributed by atoms with Gasteiger partial charge in [-0.2, -0.15) is 0 Å². The van der Waals surface area contributed by atoms with Gasteiger partial charge in [-0.1, -0.05) is 0 Å². The molecule has 0 aromatic heterocycles. The van der Waals surface area contributed by atoms with Gasteiger partial charge in [-0.15, -0.1) is 62.0 Å². The summed E-state index contributed by atoms with van der Waals surface area (Å²) >= 11 is 0. The normalized spacial score (nSPS) is 0. The molecule has 6 heteroatoms. The van der Waals surface area contributed by atoms with Gasteiger partial charge >= 0.3 is 0 Å². The van der Waals surface area contributed by atoms with Crippen molar-refractivity contribution in [3.8, 4) is 0 Å². The van der Waals surface area contributed by atoms with Gasteiger partial charge in [0.15, 0.2) is 0 Å². The topological polar surface area (TPSA) is 0 Å². The monoisotopic (exact) mass is 200 g/mol. The zero-order valence-corrected chi connectivity index (χ0v) is 6.53. The molecule has 6 heavy (non-hydrogen) atoms. The fraction of sp³-hybridized carbons (Fsp3) is 0. The van der Waals surface area contributed by atoms with E-state index in [1.807, 2.05) is 0 Å². The van der Waals surface area contributed by atoms with Gasteiger partial charge in [0, 0.05) is 0 Å². The first kappa shape index (κ1) is 158. The Bertz CT molecular complexity index is 3.90. The van der Waals surface area contributed by atoms with Crippen molar-refractivity contribution >= 4 is 62.0 Å². The minimum atomic E-state index is 0. The van der Waals surface area contributed by atoms with Crippen molar-refractivity contribution in [2.24, 2.45) is 0 Å². The largest absolute Gasteiger partial charge is 0.269 e. The SMILES string of the molecule is Cl.Cl.Cl.Cl.Cl.F. The van der Waals surface area contributed by atoms with Crippen molar-refractivity contribution in [1.82, 2.24) is 0 Å². The molecule has 0 spiro atoms. The molecule has 0 aliphatic heterocycles. The molecular weight excluding hydrogens is 196 g/mol. The Hall–Kier alpha value is 1.38. The molecule has 0 rings (SSSR count). The van der Waals surface area contributed by atoms with Crippen LogP contribution in [0.1, 0.15) is 0 Å². The molecule has 0 aliphatic carbocycles. The number of halogens is 6. The van der Waals surface area contributed by atoms with E-state index in [0.29, 0.717) is 0 Å². The third kappa shape index (κ3) is 54.2. The van der Waals surface area contributed by atoms with Crippen molar-refractivity contribution < 1.29 is 4.70 Å². The highest BCUT2D eigenvalue weighted by atomic mass is 35.5. The second-order valence-electron chi connectivity index (χ2n) is 0. The average Bonchev–Trinajstić information content (AvgIpc) is 0. The van der Waals surface area contributed by atoms with Crippen LogP contribution in [0.25, 0.3) is 0 Å². The molecule has 0 radical (unpaired) electrons. The van der Waals surface area contributed by atoms with Crippen molar-refractivity contribution in [2.75, 3.05) is 0 Å². The van der Waals surface area contributed by atoms with Crippen LogP contribution in [0.15, 0.2) is 0 Å². The first-order valence-electron chi connectivity index (χ1n) is 0. The fourth-order valence-corrected chi connectivity index (χ4v) is 0. The predicted molar refractivity (Wildman–Crippen MR) is 38.7 cm³/mol. The highest BCUT2D eigenvalue weighted by Crippen LogP contribution is 0.694. The molecule has 0 nitrogen and oxygen atoms in total. The third-order valence-corrected chi connectivity index (χ3v) is 0. The lowest BCUT2D eigenvalue weighted by Crippen LogP contribution is 0.420. The molecule has 0 saturated carbocycles. The molecule has 0 aromatic carbocycles. The average molecular weight is 202 g/mol. The van der Waals surface area contributed by atoms with Crippen LogP contribution in [-0.2, 0) is 0 Å². The lowest BCUT2D eigenvalue weighted by atomic mass is 19.0. The Balaban J connectivity index is 0. The molecular formula is H6Cl5F. The van der Waals surface area contributed by atoms with E-state index < -0.39 is 0 Å². The first-order chi connectivity index (χ1) is 0. The molecule has 0 atom stereocenters. The van der Waals surface area contributed by atoms with E-state index >= 15 is 0 Å². The van der Waals surface area contributed by atoms with E-state index in [-0.39, 0.29) is 66.7 Å². The van der Waals surface area contributed by atoms with E-state index in [4.69, 9.17) is 0 Å². The summed E-state index contributed by atoms with van der Waals surface area (Å²) in [7, 11) is 0. The molecule has 0 aliphatic rings. The van der Waals surface area contributed by atoms with Crippen LogP contribution in [0.5, 0.6) is 0 Å². The van der Waals surface area contributed by atoms with Crippen LogP contribution >= 0.6 is 62.0 Å². The van der Waals surface area contributed by atoms with Crippen molar-refractivity contribution in [3.63, 3.8) is 0 Å². The summed E-state index contributed by atoms with van der Waals surface area (Å²) < 4.78 is 0. The molecule has 0 N–H and O–H groups in total. The summed E-state index contributed by atoms with van der Waals surface area (Å²) in [6, 6.07) is 0. The lowest BCUT2D eigenvalue weighted by molar-refractivity contribution is 1.11. The molecule has 0 aromatic rings. The molecule has 0 fully saturated rings. The summed E-state index contributed by atoms with van der Waals surface area (Å²) in [6.07, 6.45) is 0. The van der Waals surface area contributed by atoms with Gasteiger partial charge in [0.25, 0.3) is 0 Å². The zero-order chi connectivity index (χ0) is 0. The standard InChI is InChI=1S/5ClH.FH/h6*1H. The maximum Gasteiger partial charge on any atom is -0.147 e. The Morgan fingerprint density at radius 3 is 0.333 bits per heavy atom. The van der Waals surface area contributed by atoms with E-state index in [2.05, 4.69) is 0 Å². The van der Waals surface area contributed by atoms with Gasteiger partial charge < -0.3 is 0 Å². The fourth-order valence-electron chi connectivity index (χ4n) is 0. The first-order valence-corrected chi connectivity index (χ1v) is 0. The molecule has 0 heterocycles. The molecule has 0 unspecified atom stereocenters. The quantitative estimate of drug-likeness (QED) is 0.565. The Labute approximate surface area is 66.9 Å². The Morgan fingerprint density at radius 2 is 0.333 bits per heavy atom. The second kappa shape index (κ2) is 97.0. The predicted octanol–water partition coefficient (Wildman–Crippen LogP) is 2.26. The Kier molecular flexibility index (Phi) is 2550. The van der Waals surface area contributed by atoms with Crippen LogP contribution in [0.4, 0.5) is 4.70 Å². The van der Waals surface area contributed by atoms with Crippen LogP contribution in [0.2, 0.25) is 0 Å². The van der Waals surface area contributed by atoms with Gasteiger partial charge in [-0.25, -0.2) is 0 Å². The van der Waals surface area contributed by atoms with E-state index in [9.17, 15) is 0 Å². The van der Waals surface area contributed by atoms with Crippen LogP contribution < -0.4 is 0 Å². The Morgan fingerprint density at radius 1 is 0.333 bits per heavy atom. The van der Waals surface area contributed by atoms with Crippen molar-refractivity contribution in [2.45, 2.75) is 0 Å². The summed E-state index contributed by atoms with van der Waals surface area (Å²) in [6.45, 7) is 0. The summed E-state index contributed by atoms with van der Waals surface area (Å²) in [5.74, 6) is 0. The minimum Gasteiger partial charge on any atom is -0.269 e. The van der Waals surface area contributed by atoms with Gasteiger partial charge in [0.1, 0.15) is 0 Å². The maximum absolute atomic E-state index is 0. The van der Waals surface area contributed by atoms with Gasteiger partial charge in [0.2, 0.25) is 0 Å². The van der Waals surface area contributed by atoms with Crippen molar-refractivity contribution in [1.29, 1.82) is 0 Å². The molecule has 0 amide bonds. The number of hydrogen-bond acceptors (Lipinski definition) is 0. The van der Waals surface area contributed by atoms with Crippen LogP contribution in [0, 0.1) is 0 Å². The molecule has 0 bridgehead atoms. The third-order valence-electron chi connectivity index (χ3n) is 0. The van der Waals surface area contributed by atoms with Gasteiger partial charge in [-0.05, 0) is 0 Å². The number of rotatable bonds is 0. The van der Waals surface area contributed by atoms with Gasteiger partial charge in [0.05, 0.1) is 0 Å². The second-order valence-corrected chi connectivity index (χ2v) is 0. The van der Waals surface area contributed by atoms with Crippen molar-refractivity contribution in [3.05, 3.63) is 0 Å². The van der Waals surface area contributed by atoms with E-state index in [1.54, 1.807) is 0 Å². The summed E-state index contributed by atoms with van der Waals surface area (Å²) in [4.78, 5) is 0. The number of hydrogen-bond donors (Lipinski definition) is 0. The van der Waals surface area contributed by atoms with Crippen LogP contribution in [-0.4, -0.2) is 0 Å². The summed E-state index contributed by atoms with van der Waals surface area (Å²) in [5, 5.41) is 0. The van der Waals surface area contributed by atoms with E-state index in [0.717, 1.165) is 0 Å². The highest BCUT2D eigenvalue weighted by molar-refractivity contribution is 5.86. The highest BCUT2D eigenvalue weighted by Gasteiger charge is -0.143. The molecule has 48 valence electrons.